The highest BCUT2D eigenvalue weighted by Crippen LogP contribution is 2.19. The minimum absolute atomic E-state index is 0.0677. The standard InChI is InChI=1S/C9H13IN2O/c1-13-6-9(12-11)7-4-2-3-5-8(7)10/h2-5,9,12H,6,11H2,1H3. The van der Waals surface area contributed by atoms with Crippen molar-refractivity contribution in [3.63, 3.8) is 0 Å². The van der Waals surface area contributed by atoms with Crippen LogP contribution in [0.3, 0.4) is 0 Å². The summed E-state index contributed by atoms with van der Waals surface area (Å²) in [5.41, 5.74) is 3.90. The van der Waals surface area contributed by atoms with E-state index in [4.69, 9.17) is 10.6 Å². The minimum Gasteiger partial charge on any atom is -0.383 e. The van der Waals surface area contributed by atoms with Gasteiger partial charge in [-0.2, -0.15) is 0 Å². The molecular weight excluding hydrogens is 279 g/mol. The highest BCUT2D eigenvalue weighted by atomic mass is 127. The van der Waals surface area contributed by atoms with E-state index in [1.165, 1.54) is 9.13 Å². The molecule has 0 saturated carbocycles. The number of methoxy groups -OCH3 is 1. The molecule has 0 fully saturated rings. The molecule has 72 valence electrons. The third-order valence-electron chi connectivity index (χ3n) is 1.82. The second-order valence-corrected chi connectivity index (χ2v) is 3.86. The summed E-state index contributed by atoms with van der Waals surface area (Å²) >= 11 is 2.29. The maximum Gasteiger partial charge on any atom is 0.0703 e. The van der Waals surface area contributed by atoms with E-state index in [9.17, 15) is 0 Å². The lowest BCUT2D eigenvalue weighted by atomic mass is 10.1. The van der Waals surface area contributed by atoms with E-state index in [1.807, 2.05) is 18.2 Å². The van der Waals surface area contributed by atoms with E-state index in [-0.39, 0.29) is 6.04 Å². The fraction of sp³-hybridized carbons (Fsp3) is 0.333. The summed E-state index contributed by atoms with van der Waals surface area (Å²) in [7, 11) is 1.67. The van der Waals surface area contributed by atoms with Crippen molar-refractivity contribution >= 4 is 22.6 Å². The zero-order valence-corrected chi connectivity index (χ0v) is 9.61. The van der Waals surface area contributed by atoms with Crippen molar-refractivity contribution in [2.45, 2.75) is 6.04 Å². The van der Waals surface area contributed by atoms with E-state index in [0.29, 0.717) is 6.61 Å². The first-order valence-electron chi connectivity index (χ1n) is 3.99. The summed E-state index contributed by atoms with van der Waals surface area (Å²) in [5, 5.41) is 0. The number of benzene rings is 1. The topological polar surface area (TPSA) is 47.3 Å². The first-order valence-corrected chi connectivity index (χ1v) is 5.07. The van der Waals surface area contributed by atoms with Crippen molar-refractivity contribution < 1.29 is 4.74 Å². The van der Waals surface area contributed by atoms with Gasteiger partial charge in [0.1, 0.15) is 0 Å². The average Bonchev–Trinajstić information content (AvgIpc) is 2.16. The fourth-order valence-electron chi connectivity index (χ4n) is 1.15. The zero-order valence-electron chi connectivity index (χ0n) is 7.46. The van der Waals surface area contributed by atoms with E-state index in [0.717, 1.165) is 0 Å². The third-order valence-corrected chi connectivity index (χ3v) is 2.80. The van der Waals surface area contributed by atoms with Gasteiger partial charge in [-0.25, -0.2) is 0 Å². The van der Waals surface area contributed by atoms with Crippen molar-refractivity contribution in [3.05, 3.63) is 33.4 Å². The number of rotatable bonds is 4. The number of halogens is 1. The van der Waals surface area contributed by atoms with E-state index < -0.39 is 0 Å². The van der Waals surface area contributed by atoms with Gasteiger partial charge in [-0.3, -0.25) is 11.3 Å². The van der Waals surface area contributed by atoms with Gasteiger partial charge in [0.25, 0.3) is 0 Å². The van der Waals surface area contributed by atoms with Gasteiger partial charge in [0, 0.05) is 10.7 Å². The molecule has 0 aliphatic rings. The second kappa shape index (κ2) is 5.54. The molecule has 1 atom stereocenters. The van der Waals surface area contributed by atoms with Gasteiger partial charge in [0.15, 0.2) is 0 Å². The molecule has 0 heterocycles. The van der Waals surface area contributed by atoms with Crippen molar-refractivity contribution in [2.24, 2.45) is 5.84 Å². The molecule has 0 amide bonds. The molecule has 13 heavy (non-hydrogen) atoms. The van der Waals surface area contributed by atoms with Crippen LogP contribution in [0.4, 0.5) is 0 Å². The number of hydrogen-bond donors (Lipinski definition) is 2. The molecule has 0 aliphatic carbocycles. The molecular formula is C9H13IN2O. The van der Waals surface area contributed by atoms with Gasteiger partial charge in [-0.15, -0.1) is 0 Å². The number of hydrogen-bond acceptors (Lipinski definition) is 3. The van der Waals surface area contributed by atoms with Crippen LogP contribution in [0.15, 0.2) is 24.3 Å². The van der Waals surface area contributed by atoms with Crippen molar-refractivity contribution in [3.8, 4) is 0 Å². The highest BCUT2D eigenvalue weighted by molar-refractivity contribution is 14.1. The van der Waals surface area contributed by atoms with Gasteiger partial charge in [0.2, 0.25) is 0 Å². The average molecular weight is 292 g/mol. The number of nitrogens with one attached hydrogen (secondary N) is 1. The van der Waals surface area contributed by atoms with Crippen LogP contribution in [-0.4, -0.2) is 13.7 Å². The highest BCUT2D eigenvalue weighted by Gasteiger charge is 2.11. The maximum absolute atomic E-state index is 5.43. The van der Waals surface area contributed by atoms with Crippen LogP contribution in [0.5, 0.6) is 0 Å². The first kappa shape index (κ1) is 10.9. The molecule has 1 aromatic carbocycles. The second-order valence-electron chi connectivity index (χ2n) is 2.70. The summed E-state index contributed by atoms with van der Waals surface area (Å²) in [4.78, 5) is 0. The van der Waals surface area contributed by atoms with Gasteiger partial charge < -0.3 is 4.74 Å². The quantitative estimate of drug-likeness (QED) is 0.501. The normalized spacial score (nSPS) is 12.8. The molecule has 0 radical (unpaired) electrons. The van der Waals surface area contributed by atoms with Crippen LogP contribution >= 0.6 is 22.6 Å². The van der Waals surface area contributed by atoms with E-state index >= 15 is 0 Å². The molecule has 1 unspecified atom stereocenters. The Morgan fingerprint density at radius 2 is 2.23 bits per heavy atom. The SMILES string of the molecule is COCC(NN)c1ccccc1I. The summed E-state index contributed by atoms with van der Waals surface area (Å²) < 4.78 is 6.25. The Labute approximate surface area is 91.8 Å². The van der Waals surface area contributed by atoms with Crippen LogP contribution in [0, 0.1) is 3.57 Å². The molecule has 0 saturated heterocycles. The first-order chi connectivity index (χ1) is 6.29. The molecule has 1 rings (SSSR count). The smallest absolute Gasteiger partial charge is 0.0703 e. The van der Waals surface area contributed by atoms with E-state index in [2.05, 4.69) is 34.1 Å². The Morgan fingerprint density at radius 3 is 2.77 bits per heavy atom. The van der Waals surface area contributed by atoms with Crippen LogP contribution < -0.4 is 11.3 Å². The summed E-state index contributed by atoms with van der Waals surface area (Å²) in [5.74, 6) is 5.43. The Balaban J connectivity index is 2.84. The fourth-order valence-corrected chi connectivity index (χ4v) is 1.92. The predicted octanol–water partition coefficient (Wildman–Crippen LogP) is 1.44. The molecule has 0 bridgehead atoms. The number of nitrogens with two attached hydrogens (primary N) is 1. The predicted molar refractivity (Wildman–Crippen MR) is 61.1 cm³/mol. The molecule has 4 heteroatoms. The molecule has 0 aromatic heterocycles. The Kier molecular flexibility index (Phi) is 4.65. The minimum atomic E-state index is 0.0677. The lowest BCUT2D eigenvalue weighted by Gasteiger charge is -2.16. The maximum atomic E-state index is 5.43. The van der Waals surface area contributed by atoms with Crippen LogP contribution in [-0.2, 0) is 4.74 Å². The monoisotopic (exact) mass is 292 g/mol. The third kappa shape index (κ3) is 2.91. The lowest BCUT2D eigenvalue weighted by molar-refractivity contribution is 0.167. The van der Waals surface area contributed by atoms with Crippen LogP contribution in [0.1, 0.15) is 11.6 Å². The Morgan fingerprint density at radius 1 is 1.54 bits per heavy atom. The summed E-state index contributed by atoms with van der Waals surface area (Å²) in [6.45, 7) is 0.580. The van der Waals surface area contributed by atoms with Crippen LogP contribution in [0.2, 0.25) is 0 Å². The lowest BCUT2D eigenvalue weighted by Crippen LogP contribution is -2.31. The Hall–Kier alpha value is -0.170. The van der Waals surface area contributed by atoms with Crippen molar-refractivity contribution in [1.82, 2.24) is 5.43 Å². The van der Waals surface area contributed by atoms with Gasteiger partial charge >= 0.3 is 0 Å². The van der Waals surface area contributed by atoms with Crippen LogP contribution in [0.25, 0.3) is 0 Å². The van der Waals surface area contributed by atoms with Gasteiger partial charge in [-0.1, -0.05) is 18.2 Å². The summed E-state index contributed by atoms with van der Waals surface area (Å²) in [6, 6.07) is 8.17. The molecule has 0 spiro atoms. The Bertz CT molecular complexity index is 268. The van der Waals surface area contributed by atoms with Gasteiger partial charge in [-0.05, 0) is 34.2 Å². The zero-order chi connectivity index (χ0) is 9.68. The van der Waals surface area contributed by atoms with E-state index in [1.54, 1.807) is 7.11 Å². The largest absolute Gasteiger partial charge is 0.383 e. The number of hydrazine groups is 1. The molecule has 1 aromatic rings. The summed E-state index contributed by atoms with van der Waals surface area (Å²) in [6.07, 6.45) is 0. The van der Waals surface area contributed by atoms with Crippen molar-refractivity contribution in [2.75, 3.05) is 13.7 Å². The molecule has 0 aliphatic heterocycles. The van der Waals surface area contributed by atoms with Crippen molar-refractivity contribution in [1.29, 1.82) is 0 Å². The molecule has 3 nitrogen and oxygen atoms in total. The molecule has 3 N–H and O–H groups in total. The number of ether oxygens (including phenoxy) is 1. The van der Waals surface area contributed by atoms with Gasteiger partial charge in [0.05, 0.1) is 12.6 Å².